The van der Waals surface area contributed by atoms with E-state index in [2.05, 4.69) is 44.9 Å². The maximum Gasteiger partial charge on any atom is 0.253 e. The van der Waals surface area contributed by atoms with Crippen molar-refractivity contribution in [2.24, 2.45) is 0 Å². The van der Waals surface area contributed by atoms with Gasteiger partial charge in [-0.25, -0.2) is 0 Å². The highest BCUT2D eigenvalue weighted by atomic mass is 16.5. The SMILES string of the molecule is O=C(c1ccncc1)N1CCC(n2ccc3cc(OC4CCN(C5CCC5)CC4)ccc32)CC1. The van der Waals surface area contributed by atoms with Crippen molar-refractivity contribution in [1.29, 1.82) is 0 Å². The van der Waals surface area contributed by atoms with Gasteiger partial charge in [0.2, 0.25) is 0 Å². The number of hydrogen-bond acceptors (Lipinski definition) is 4. The van der Waals surface area contributed by atoms with E-state index < -0.39 is 0 Å². The summed E-state index contributed by atoms with van der Waals surface area (Å²) in [5.41, 5.74) is 1.98. The molecule has 2 aliphatic heterocycles. The fourth-order valence-corrected chi connectivity index (χ4v) is 5.86. The molecular formula is C28H34N4O2. The molecule has 6 heteroatoms. The average molecular weight is 459 g/mol. The number of likely N-dealkylation sites (tertiary alicyclic amines) is 2. The van der Waals surface area contributed by atoms with Gasteiger partial charge >= 0.3 is 0 Å². The molecule has 0 bridgehead atoms. The van der Waals surface area contributed by atoms with Crippen molar-refractivity contribution in [2.75, 3.05) is 26.2 Å². The first-order valence-electron chi connectivity index (χ1n) is 13.0. The zero-order valence-corrected chi connectivity index (χ0v) is 19.8. The van der Waals surface area contributed by atoms with Gasteiger partial charge < -0.3 is 19.1 Å². The normalized spacial score (nSPS) is 21.0. The van der Waals surface area contributed by atoms with Crippen LogP contribution in [0.1, 0.15) is 61.3 Å². The topological polar surface area (TPSA) is 50.6 Å². The highest BCUT2D eigenvalue weighted by molar-refractivity contribution is 5.94. The van der Waals surface area contributed by atoms with Crippen LogP contribution in [0.15, 0.2) is 55.0 Å². The van der Waals surface area contributed by atoms with Crippen LogP contribution >= 0.6 is 0 Å². The zero-order valence-electron chi connectivity index (χ0n) is 19.8. The van der Waals surface area contributed by atoms with Crippen LogP contribution in [0.4, 0.5) is 0 Å². The van der Waals surface area contributed by atoms with E-state index in [9.17, 15) is 4.79 Å². The standard InChI is InChI=1S/C28H34N4O2/c33-28(21-6-13-29-14-7-21)31-15-9-24(10-16-31)32-19-8-22-20-26(4-5-27(22)32)34-25-11-17-30(18-12-25)23-2-1-3-23/h4-8,13-14,19-20,23-25H,1-3,9-12,15-18H2. The number of benzene rings is 1. The van der Waals surface area contributed by atoms with Crippen LogP contribution < -0.4 is 4.74 Å². The molecule has 0 N–H and O–H groups in total. The van der Waals surface area contributed by atoms with Crippen molar-refractivity contribution in [3.63, 3.8) is 0 Å². The molecule has 6 nitrogen and oxygen atoms in total. The van der Waals surface area contributed by atoms with Crippen LogP contribution in [-0.2, 0) is 0 Å². The van der Waals surface area contributed by atoms with Crippen LogP contribution in [0.25, 0.3) is 10.9 Å². The Hall–Kier alpha value is -2.86. The maximum atomic E-state index is 12.8. The molecule has 6 rings (SSSR count). The molecule has 4 heterocycles. The monoisotopic (exact) mass is 458 g/mol. The summed E-state index contributed by atoms with van der Waals surface area (Å²) in [5, 5.41) is 1.24. The number of fused-ring (bicyclic) bond motifs is 1. The van der Waals surface area contributed by atoms with Crippen molar-refractivity contribution in [3.8, 4) is 5.75 Å². The van der Waals surface area contributed by atoms with Crippen molar-refractivity contribution < 1.29 is 9.53 Å². The average Bonchev–Trinajstić information content (AvgIpc) is 3.28. The highest BCUT2D eigenvalue weighted by Gasteiger charge is 2.29. The Bertz CT molecular complexity index is 1120. The van der Waals surface area contributed by atoms with Gasteiger partial charge in [0, 0.05) is 73.3 Å². The summed E-state index contributed by atoms with van der Waals surface area (Å²) in [5.74, 6) is 1.10. The first-order chi connectivity index (χ1) is 16.7. The number of pyridine rings is 1. The minimum absolute atomic E-state index is 0.110. The number of amides is 1. The van der Waals surface area contributed by atoms with E-state index in [0.29, 0.717) is 12.1 Å². The van der Waals surface area contributed by atoms with Crippen LogP contribution in [0.3, 0.4) is 0 Å². The quantitative estimate of drug-likeness (QED) is 0.545. The van der Waals surface area contributed by atoms with E-state index in [1.807, 2.05) is 4.90 Å². The molecule has 2 aromatic heterocycles. The largest absolute Gasteiger partial charge is 0.490 e. The number of aromatic nitrogens is 2. The third-order valence-corrected chi connectivity index (χ3v) is 8.13. The fourth-order valence-electron chi connectivity index (χ4n) is 5.86. The molecule has 0 atom stereocenters. The van der Waals surface area contributed by atoms with E-state index in [1.54, 1.807) is 24.5 Å². The van der Waals surface area contributed by atoms with Crippen LogP contribution in [0, 0.1) is 0 Å². The number of piperidine rings is 2. The lowest BCUT2D eigenvalue weighted by Gasteiger charge is -2.41. The number of hydrogen-bond donors (Lipinski definition) is 0. The number of carbonyl (C=O) groups is 1. The van der Waals surface area contributed by atoms with Gasteiger partial charge in [-0.15, -0.1) is 0 Å². The lowest BCUT2D eigenvalue weighted by Crippen LogP contribution is -2.46. The lowest BCUT2D eigenvalue weighted by atomic mass is 9.90. The van der Waals surface area contributed by atoms with Crippen molar-refractivity contribution >= 4 is 16.8 Å². The summed E-state index contributed by atoms with van der Waals surface area (Å²) in [6.45, 7) is 3.92. The Labute approximate surface area is 201 Å². The van der Waals surface area contributed by atoms with E-state index >= 15 is 0 Å². The van der Waals surface area contributed by atoms with Crippen LogP contribution in [0.2, 0.25) is 0 Å². The second-order valence-corrected chi connectivity index (χ2v) is 10.1. The lowest BCUT2D eigenvalue weighted by molar-refractivity contribution is 0.0494. The fraction of sp³-hybridized carbons (Fsp3) is 0.500. The zero-order chi connectivity index (χ0) is 22.9. The Morgan fingerprint density at radius 1 is 0.853 bits per heavy atom. The second kappa shape index (κ2) is 9.41. The van der Waals surface area contributed by atoms with Crippen molar-refractivity contribution in [1.82, 2.24) is 19.4 Å². The molecular weight excluding hydrogens is 424 g/mol. The molecule has 3 fully saturated rings. The van der Waals surface area contributed by atoms with Gasteiger partial charge in [-0.3, -0.25) is 9.78 Å². The Morgan fingerprint density at radius 2 is 1.62 bits per heavy atom. The van der Waals surface area contributed by atoms with Gasteiger partial charge in [0.15, 0.2) is 0 Å². The maximum absolute atomic E-state index is 12.8. The van der Waals surface area contributed by atoms with Gasteiger partial charge in [0.05, 0.1) is 0 Å². The molecule has 1 aliphatic carbocycles. The smallest absolute Gasteiger partial charge is 0.253 e. The molecule has 3 aromatic rings. The number of ether oxygens (including phenoxy) is 1. The molecule has 0 unspecified atom stereocenters. The Kier molecular flexibility index (Phi) is 6.00. The molecule has 0 spiro atoms. The number of rotatable bonds is 5. The van der Waals surface area contributed by atoms with Gasteiger partial charge in [0.1, 0.15) is 11.9 Å². The third kappa shape index (κ3) is 4.31. The molecule has 2 saturated heterocycles. The molecule has 178 valence electrons. The minimum Gasteiger partial charge on any atom is -0.490 e. The van der Waals surface area contributed by atoms with Crippen LogP contribution in [0.5, 0.6) is 5.75 Å². The molecule has 1 amide bonds. The summed E-state index contributed by atoms with van der Waals surface area (Å²) >= 11 is 0. The first-order valence-corrected chi connectivity index (χ1v) is 13.0. The van der Waals surface area contributed by atoms with Gasteiger partial charge in [-0.2, -0.15) is 0 Å². The predicted molar refractivity (Wildman–Crippen MR) is 133 cm³/mol. The molecule has 0 radical (unpaired) electrons. The van der Waals surface area contributed by atoms with Crippen molar-refractivity contribution in [3.05, 3.63) is 60.6 Å². The Balaban J connectivity index is 1.06. The van der Waals surface area contributed by atoms with E-state index in [-0.39, 0.29) is 5.91 Å². The third-order valence-electron chi connectivity index (χ3n) is 8.13. The highest BCUT2D eigenvalue weighted by Crippen LogP contribution is 2.32. The molecule has 3 aliphatic rings. The van der Waals surface area contributed by atoms with Gasteiger partial charge in [-0.1, -0.05) is 6.42 Å². The van der Waals surface area contributed by atoms with E-state index in [4.69, 9.17) is 4.74 Å². The van der Waals surface area contributed by atoms with Crippen molar-refractivity contribution in [2.45, 2.75) is 63.1 Å². The summed E-state index contributed by atoms with van der Waals surface area (Å²) in [4.78, 5) is 21.4. The summed E-state index contributed by atoms with van der Waals surface area (Å²) in [7, 11) is 0. The van der Waals surface area contributed by atoms with Gasteiger partial charge in [0.25, 0.3) is 5.91 Å². The van der Waals surface area contributed by atoms with Crippen LogP contribution in [-0.4, -0.2) is 63.6 Å². The molecule has 1 saturated carbocycles. The molecule has 1 aromatic carbocycles. The van der Waals surface area contributed by atoms with E-state index in [1.165, 1.54) is 43.3 Å². The molecule has 34 heavy (non-hydrogen) atoms. The number of nitrogens with zero attached hydrogens (tertiary/aromatic N) is 4. The minimum atomic E-state index is 0.110. The first kappa shape index (κ1) is 21.7. The summed E-state index contributed by atoms with van der Waals surface area (Å²) in [6, 6.07) is 13.6. The Morgan fingerprint density at radius 3 is 2.32 bits per heavy atom. The second-order valence-electron chi connectivity index (χ2n) is 10.1. The number of carbonyl (C=O) groups excluding carboxylic acids is 1. The van der Waals surface area contributed by atoms with Gasteiger partial charge in [-0.05, 0) is 74.9 Å². The summed E-state index contributed by atoms with van der Waals surface area (Å²) < 4.78 is 8.79. The van der Waals surface area contributed by atoms with E-state index in [0.717, 1.165) is 56.1 Å². The predicted octanol–water partition coefficient (Wildman–Crippen LogP) is 4.91. The summed E-state index contributed by atoms with van der Waals surface area (Å²) in [6.07, 6.45) is 14.3.